The topological polar surface area (TPSA) is 98.2 Å². The molecule has 0 aliphatic carbocycles. The van der Waals surface area contributed by atoms with E-state index in [2.05, 4.69) is 87.3 Å². The third-order valence-electron chi connectivity index (χ3n) is 9.49. The van der Waals surface area contributed by atoms with Crippen molar-refractivity contribution < 1.29 is 23.8 Å². The van der Waals surface area contributed by atoms with Crippen molar-refractivity contribution >= 4 is 49.0 Å². The summed E-state index contributed by atoms with van der Waals surface area (Å²) in [6.45, 7) is 16.1. The zero-order chi connectivity index (χ0) is 34.8. The molecule has 4 atom stereocenters. The molecule has 0 spiro atoms. The molecule has 3 aromatic rings. The minimum Gasteiger partial charge on any atom is -0.464 e. The molecular formula is C36H49N5O5Si2. The van der Waals surface area contributed by atoms with E-state index in [1.54, 1.807) is 14.0 Å². The van der Waals surface area contributed by atoms with Gasteiger partial charge >= 0.3 is 5.97 Å². The summed E-state index contributed by atoms with van der Waals surface area (Å²) in [4.78, 5) is 33.4. The monoisotopic (exact) mass is 687 g/mol. The van der Waals surface area contributed by atoms with Crippen LogP contribution in [0.5, 0.6) is 0 Å². The van der Waals surface area contributed by atoms with E-state index in [-0.39, 0.29) is 30.2 Å². The average Bonchev–Trinajstić information content (AvgIpc) is 3.38. The lowest BCUT2D eigenvalue weighted by molar-refractivity contribution is -0.157. The molecule has 48 heavy (non-hydrogen) atoms. The quantitative estimate of drug-likeness (QED) is 0.228. The number of amides is 1. The standard InChI is InChI=1S/C36H49N5O5Si2/c1-8-39-30-13-12-26(40-17-18-45-21-23(40)2)19-28(30)29(32(39)27-11-9-15-37-31(27)24(3)44-7)20-35(5,6)22-46-34(43)36(48)14-10-16-41(38-36)33(42)25(4)47/h9,11-13,15,19,23-25,38H,8,10,14,16-18,20-22H2,1-7H3/t23-,24+,25+,36+/m1/s1. The number of hydrogen-bond acceptors (Lipinski definition) is 8. The number of esters is 1. The van der Waals surface area contributed by atoms with Crippen molar-refractivity contribution in [3.8, 4) is 11.3 Å². The number of fused-ring (bicyclic) bond motifs is 1. The van der Waals surface area contributed by atoms with Crippen LogP contribution in [-0.4, -0.2) is 98.1 Å². The van der Waals surface area contributed by atoms with E-state index in [1.165, 1.54) is 21.6 Å². The Bertz CT molecular complexity index is 1630. The second-order valence-corrected chi connectivity index (χ2v) is 15.7. The molecule has 1 aromatic carbocycles. The SMILES string of the molecule is CCn1c(-c2cccnc2[C@H](C)OC)c(CC(C)(C)COC(=O)[C@@]2([Si])CCCN(C(=O)[C@H](C)[Si])N2)c2cc(N3CCOC[C@H]3C)ccc21. The van der Waals surface area contributed by atoms with Crippen molar-refractivity contribution in [3.63, 3.8) is 0 Å². The number of aryl methyl sites for hydroxylation is 1. The predicted octanol–water partition coefficient (Wildman–Crippen LogP) is 4.74. The number of anilines is 1. The van der Waals surface area contributed by atoms with Gasteiger partial charge in [0, 0.05) is 82.3 Å². The van der Waals surface area contributed by atoms with Crippen molar-refractivity contribution in [2.75, 3.05) is 44.9 Å². The van der Waals surface area contributed by atoms with Gasteiger partial charge < -0.3 is 23.7 Å². The van der Waals surface area contributed by atoms with Gasteiger partial charge in [-0.2, -0.15) is 0 Å². The van der Waals surface area contributed by atoms with Crippen LogP contribution in [0, 0.1) is 5.41 Å². The van der Waals surface area contributed by atoms with E-state index >= 15 is 0 Å². The number of nitrogens with zero attached hydrogens (tertiary/aromatic N) is 4. The molecule has 256 valence electrons. The van der Waals surface area contributed by atoms with E-state index in [4.69, 9.17) is 19.2 Å². The average molecular weight is 688 g/mol. The number of carbonyl (C=O) groups is 2. The molecule has 12 heteroatoms. The van der Waals surface area contributed by atoms with E-state index < -0.39 is 16.5 Å². The summed E-state index contributed by atoms with van der Waals surface area (Å²) in [6.07, 6.45) is 3.42. The minimum atomic E-state index is -1.18. The van der Waals surface area contributed by atoms with Crippen LogP contribution in [0.25, 0.3) is 22.2 Å². The summed E-state index contributed by atoms with van der Waals surface area (Å²) in [5.41, 5.74) is 8.78. The molecular weight excluding hydrogens is 639 g/mol. The third kappa shape index (κ3) is 7.42. The summed E-state index contributed by atoms with van der Waals surface area (Å²) in [5.74, 6) is -0.569. The maximum Gasteiger partial charge on any atom is 0.323 e. The van der Waals surface area contributed by atoms with Gasteiger partial charge in [-0.15, -0.1) is 0 Å². The Kier molecular flexibility index (Phi) is 11.2. The maximum absolute atomic E-state index is 13.6. The molecule has 2 saturated heterocycles. The van der Waals surface area contributed by atoms with Crippen LogP contribution < -0.4 is 10.3 Å². The van der Waals surface area contributed by atoms with Crippen molar-refractivity contribution in [1.29, 1.82) is 0 Å². The molecule has 2 fully saturated rings. The largest absolute Gasteiger partial charge is 0.464 e. The smallest absolute Gasteiger partial charge is 0.323 e. The van der Waals surface area contributed by atoms with Gasteiger partial charge in [0.2, 0.25) is 5.91 Å². The number of rotatable bonds is 11. The van der Waals surface area contributed by atoms with Crippen molar-refractivity contribution in [2.24, 2.45) is 5.41 Å². The zero-order valence-corrected chi connectivity index (χ0v) is 31.4. The molecule has 2 aliphatic rings. The molecule has 0 unspecified atom stereocenters. The fraction of sp³-hybridized carbons (Fsp3) is 0.583. The Balaban J connectivity index is 1.52. The summed E-state index contributed by atoms with van der Waals surface area (Å²) in [7, 11) is 8.76. The highest BCUT2D eigenvalue weighted by Crippen LogP contribution is 2.42. The Morgan fingerprint density at radius 1 is 1.23 bits per heavy atom. The van der Waals surface area contributed by atoms with Gasteiger partial charge in [-0.05, 0) is 75.9 Å². The summed E-state index contributed by atoms with van der Waals surface area (Å²) in [6, 6.07) is 11.1. The fourth-order valence-corrected chi connectivity index (χ4v) is 7.41. The highest BCUT2D eigenvalue weighted by atomic mass is 28.1. The number of carbonyl (C=O) groups excluding carboxylic acids is 2. The maximum atomic E-state index is 13.6. The molecule has 2 aromatic heterocycles. The molecule has 0 bridgehead atoms. The molecule has 0 saturated carbocycles. The lowest BCUT2D eigenvalue weighted by Gasteiger charge is -2.40. The second-order valence-electron chi connectivity index (χ2n) is 14.0. The number of ether oxygens (including phenoxy) is 3. The normalized spacial score (nSPS) is 21.7. The number of pyridine rings is 1. The number of hydrazine groups is 1. The predicted molar refractivity (Wildman–Crippen MR) is 190 cm³/mol. The zero-order valence-electron chi connectivity index (χ0n) is 29.4. The molecule has 6 radical (unpaired) electrons. The molecule has 1 amide bonds. The number of nitrogens with one attached hydrogen (secondary N) is 1. The number of methoxy groups -OCH3 is 1. The molecule has 10 nitrogen and oxygen atoms in total. The van der Waals surface area contributed by atoms with E-state index in [1.807, 2.05) is 19.2 Å². The first-order valence-corrected chi connectivity index (χ1v) is 18.1. The van der Waals surface area contributed by atoms with E-state index in [0.717, 1.165) is 35.6 Å². The Hall–Kier alpha value is -3.04. The summed E-state index contributed by atoms with van der Waals surface area (Å²) < 4.78 is 19.9. The van der Waals surface area contributed by atoms with E-state index in [9.17, 15) is 9.59 Å². The van der Waals surface area contributed by atoms with Gasteiger partial charge in [-0.25, -0.2) is 5.43 Å². The van der Waals surface area contributed by atoms with Gasteiger partial charge in [0.15, 0.2) is 0 Å². The highest BCUT2D eigenvalue weighted by molar-refractivity contribution is 6.27. The lowest BCUT2D eigenvalue weighted by Crippen LogP contribution is -2.65. The lowest BCUT2D eigenvalue weighted by atomic mass is 9.84. The van der Waals surface area contributed by atoms with Crippen molar-refractivity contribution in [1.82, 2.24) is 20.0 Å². The van der Waals surface area contributed by atoms with Gasteiger partial charge in [0.25, 0.3) is 0 Å². The third-order valence-corrected chi connectivity index (χ3v) is 10.3. The Morgan fingerprint density at radius 3 is 2.69 bits per heavy atom. The number of morpholine rings is 1. The molecule has 5 rings (SSSR count). The number of benzene rings is 1. The first-order chi connectivity index (χ1) is 22.8. The first-order valence-electron chi connectivity index (χ1n) is 17.0. The van der Waals surface area contributed by atoms with Crippen LogP contribution >= 0.6 is 0 Å². The Morgan fingerprint density at radius 2 is 2.00 bits per heavy atom. The van der Waals surface area contributed by atoms with Gasteiger partial charge in [-0.3, -0.25) is 19.6 Å². The molecule has 4 heterocycles. The van der Waals surface area contributed by atoms with Gasteiger partial charge in [0.05, 0.1) is 47.6 Å². The Labute approximate surface area is 291 Å². The van der Waals surface area contributed by atoms with Crippen molar-refractivity contribution in [2.45, 2.75) is 90.2 Å². The number of aromatic nitrogens is 2. The van der Waals surface area contributed by atoms with Crippen LogP contribution in [0.15, 0.2) is 36.5 Å². The first kappa shape index (κ1) is 36.2. The van der Waals surface area contributed by atoms with Crippen LogP contribution in [0.3, 0.4) is 0 Å². The minimum absolute atomic E-state index is 0.134. The van der Waals surface area contributed by atoms with E-state index in [0.29, 0.717) is 39.0 Å². The molecule has 2 aliphatic heterocycles. The van der Waals surface area contributed by atoms with Crippen molar-refractivity contribution in [3.05, 3.63) is 47.8 Å². The highest BCUT2D eigenvalue weighted by Gasteiger charge is 2.41. The number of hydrogen-bond donors (Lipinski definition) is 1. The van der Waals surface area contributed by atoms with Crippen LogP contribution in [0.2, 0.25) is 5.54 Å². The van der Waals surface area contributed by atoms with Gasteiger partial charge in [0.1, 0.15) is 5.16 Å². The summed E-state index contributed by atoms with van der Waals surface area (Å²) >= 11 is 0. The van der Waals surface area contributed by atoms with Crippen LogP contribution in [0.1, 0.15) is 71.7 Å². The molecule has 1 N–H and O–H groups in total. The summed E-state index contributed by atoms with van der Waals surface area (Å²) in [5, 5.41) is 1.48. The van der Waals surface area contributed by atoms with Gasteiger partial charge in [-0.1, -0.05) is 20.8 Å². The second kappa shape index (κ2) is 14.8. The van der Waals surface area contributed by atoms with Crippen LogP contribution in [0.4, 0.5) is 5.69 Å². The van der Waals surface area contributed by atoms with Crippen LogP contribution in [-0.2, 0) is 36.8 Å². The fourth-order valence-electron chi connectivity index (χ4n) is 6.88.